The van der Waals surface area contributed by atoms with Crippen molar-refractivity contribution in [3.8, 4) is 0 Å². The molecule has 4 nitrogen and oxygen atoms in total. The van der Waals surface area contributed by atoms with Crippen LogP contribution in [0.2, 0.25) is 0 Å². The molecule has 118 valence electrons. The maximum atomic E-state index is 4.47. The first-order valence-corrected chi connectivity index (χ1v) is 8.49. The van der Waals surface area contributed by atoms with Crippen LogP contribution in [0.3, 0.4) is 0 Å². The summed E-state index contributed by atoms with van der Waals surface area (Å²) in [5, 5.41) is 6.66. The molecule has 0 aliphatic heterocycles. The Labute approximate surface area is 133 Å². The molecule has 1 aromatic rings. The number of allylic oxidation sites excluding steroid dienone is 1. The first kappa shape index (κ1) is 17.7. The highest BCUT2D eigenvalue weighted by Gasteiger charge is 2.05. The topological polar surface area (TPSA) is 40.5 Å². The number of aromatic nitrogens is 1. The maximum Gasteiger partial charge on any atom is 0.193 e. The largest absolute Gasteiger partial charge is 0.356 e. The van der Waals surface area contributed by atoms with Crippen molar-refractivity contribution in [1.82, 2.24) is 15.2 Å². The van der Waals surface area contributed by atoms with Crippen LogP contribution < -0.4 is 5.32 Å². The number of nitrogens with zero attached hydrogens (tertiary/aromatic N) is 3. The van der Waals surface area contributed by atoms with Crippen molar-refractivity contribution in [3.63, 3.8) is 0 Å². The van der Waals surface area contributed by atoms with E-state index >= 15 is 0 Å². The Morgan fingerprint density at radius 1 is 1.48 bits per heavy atom. The quantitative estimate of drug-likeness (QED) is 0.329. The highest BCUT2D eigenvalue weighted by Crippen LogP contribution is 2.07. The Kier molecular flexibility index (Phi) is 8.74. The standard InChI is InChI=1S/C16H28N4S/c1-5-6-7-8-9-12-20(4)16(17-3)18-11-10-15-13-21-14(2)19-15/h5,13H,1,6-12H2,2-4H3,(H,17,18). The lowest BCUT2D eigenvalue weighted by Crippen LogP contribution is -2.40. The predicted octanol–water partition coefficient (Wildman–Crippen LogP) is 3.25. The van der Waals surface area contributed by atoms with Gasteiger partial charge < -0.3 is 10.2 Å². The summed E-state index contributed by atoms with van der Waals surface area (Å²) in [6, 6.07) is 0. The fraction of sp³-hybridized carbons (Fsp3) is 0.625. The molecule has 0 unspecified atom stereocenters. The molecular weight excluding hydrogens is 280 g/mol. The number of unbranched alkanes of at least 4 members (excludes halogenated alkanes) is 3. The first-order valence-electron chi connectivity index (χ1n) is 7.61. The number of nitrogens with one attached hydrogen (secondary N) is 1. The van der Waals surface area contributed by atoms with Crippen LogP contribution in [0.25, 0.3) is 0 Å². The molecule has 1 N–H and O–H groups in total. The van der Waals surface area contributed by atoms with Crippen molar-refractivity contribution in [2.45, 2.75) is 39.0 Å². The zero-order chi connectivity index (χ0) is 15.5. The van der Waals surface area contributed by atoms with Crippen LogP contribution in [-0.4, -0.2) is 43.0 Å². The molecule has 0 saturated carbocycles. The van der Waals surface area contributed by atoms with E-state index in [9.17, 15) is 0 Å². The van der Waals surface area contributed by atoms with Crippen LogP contribution in [0.1, 0.15) is 36.4 Å². The zero-order valence-corrected chi connectivity index (χ0v) is 14.4. The van der Waals surface area contributed by atoms with Gasteiger partial charge in [0.05, 0.1) is 10.7 Å². The van der Waals surface area contributed by atoms with E-state index in [-0.39, 0.29) is 0 Å². The second-order valence-corrected chi connectivity index (χ2v) is 6.20. The van der Waals surface area contributed by atoms with Gasteiger partial charge in [-0.05, 0) is 26.2 Å². The fourth-order valence-corrected chi connectivity index (χ4v) is 2.78. The van der Waals surface area contributed by atoms with Gasteiger partial charge in [0.15, 0.2) is 5.96 Å². The molecule has 1 heterocycles. The van der Waals surface area contributed by atoms with Crippen molar-refractivity contribution in [2.24, 2.45) is 4.99 Å². The van der Waals surface area contributed by atoms with Crippen molar-refractivity contribution in [1.29, 1.82) is 0 Å². The molecule has 0 aliphatic carbocycles. The summed E-state index contributed by atoms with van der Waals surface area (Å²) < 4.78 is 0. The van der Waals surface area contributed by atoms with Crippen LogP contribution >= 0.6 is 11.3 Å². The minimum absolute atomic E-state index is 0.872. The Bertz CT molecular complexity index is 439. The highest BCUT2D eigenvalue weighted by atomic mass is 32.1. The number of aliphatic imine (C=N–C) groups is 1. The van der Waals surface area contributed by atoms with Crippen LogP contribution in [-0.2, 0) is 6.42 Å². The summed E-state index contributed by atoms with van der Waals surface area (Å²) in [5.74, 6) is 0.964. The van der Waals surface area contributed by atoms with E-state index < -0.39 is 0 Å². The van der Waals surface area contributed by atoms with Gasteiger partial charge in [-0.25, -0.2) is 4.98 Å². The minimum Gasteiger partial charge on any atom is -0.356 e. The van der Waals surface area contributed by atoms with E-state index in [0.717, 1.165) is 42.6 Å². The lowest BCUT2D eigenvalue weighted by Gasteiger charge is -2.21. The molecule has 1 rings (SSSR count). The van der Waals surface area contributed by atoms with Gasteiger partial charge in [-0.2, -0.15) is 0 Å². The Morgan fingerprint density at radius 2 is 2.29 bits per heavy atom. The predicted molar refractivity (Wildman–Crippen MR) is 93.2 cm³/mol. The smallest absolute Gasteiger partial charge is 0.193 e. The number of rotatable bonds is 9. The number of aryl methyl sites for hydroxylation is 1. The minimum atomic E-state index is 0.872. The summed E-state index contributed by atoms with van der Waals surface area (Å²) in [4.78, 5) is 11.0. The van der Waals surface area contributed by atoms with Gasteiger partial charge in [-0.15, -0.1) is 17.9 Å². The van der Waals surface area contributed by atoms with Gasteiger partial charge in [0.2, 0.25) is 0 Å². The van der Waals surface area contributed by atoms with E-state index in [1.165, 1.54) is 19.3 Å². The SMILES string of the molecule is C=CCCCCCN(C)C(=NC)NCCc1csc(C)n1. The Balaban J connectivity index is 2.22. The molecular formula is C16H28N4S. The summed E-state index contributed by atoms with van der Waals surface area (Å²) in [5.41, 5.74) is 1.16. The van der Waals surface area contributed by atoms with Gasteiger partial charge in [0, 0.05) is 39.0 Å². The van der Waals surface area contributed by atoms with Crippen LogP contribution in [0.4, 0.5) is 0 Å². The van der Waals surface area contributed by atoms with Crippen LogP contribution in [0.15, 0.2) is 23.0 Å². The van der Waals surface area contributed by atoms with E-state index in [2.05, 4.69) is 39.2 Å². The third kappa shape index (κ3) is 7.27. The number of hydrogen-bond donors (Lipinski definition) is 1. The second-order valence-electron chi connectivity index (χ2n) is 5.14. The fourth-order valence-electron chi connectivity index (χ4n) is 2.13. The van der Waals surface area contributed by atoms with Gasteiger partial charge in [-0.3, -0.25) is 4.99 Å². The zero-order valence-electron chi connectivity index (χ0n) is 13.6. The molecule has 0 amide bonds. The molecule has 0 aromatic carbocycles. The summed E-state index contributed by atoms with van der Waals surface area (Å²) in [6.07, 6.45) is 7.71. The van der Waals surface area contributed by atoms with E-state index in [1.807, 2.05) is 20.0 Å². The van der Waals surface area contributed by atoms with Crippen molar-refractivity contribution >= 4 is 17.3 Å². The van der Waals surface area contributed by atoms with Crippen LogP contribution in [0.5, 0.6) is 0 Å². The molecule has 1 aromatic heterocycles. The van der Waals surface area contributed by atoms with Crippen molar-refractivity contribution in [2.75, 3.05) is 27.2 Å². The average Bonchev–Trinajstić information content (AvgIpc) is 2.88. The number of guanidine groups is 1. The van der Waals surface area contributed by atoms with Gasteiger partial charge in [0.1, 0.15) is 0 Å². The Hall–Kier alpha value is -1.36. The number of thiazole rings is 1. The van der Waals surface area contributed by atoms with E-state index in [0.29, 0.717) is 0 Å². The van der Waals surface area contributed by atoms with Gasteiger partial charge in [0.25, 0.3) is 0 Å². The first-order chi connectivity index (χ1) is 10.2. The third-order valence-corrected chi connectivity index (χ3v) is 4.13. The summed E-state index contributed by atoms with van der Waals surface area (Å²) in [7, 11) is 3.93. The molecule has 0 bridgehead atoms. The van der Waals surface area contributed by atoms with Crippen molar-refractivity contribution < 1.29 is 0 Å². The normalized spacial score (nSPS) is 11.5. The lowest BCUT2D eigenvalue weighted by atomic mass is 10.2. The van der Waals surface area contributed by atoms with Gasteiger partial charge in [-0.1, -0.05) is 12.5 Å². The van der Waals surface area contributed by atoms with E-state index in [4.69, 9.17) is 0 Å². The van der Waals surface area contributed by atoms with E-state index in [1.54, 1.807) is 11.3 Å². The lowest BCUT2D eigenvalue weighted by molar-refractivity contribution is 0.455. The maximum absolute atomic E-state index is 4.47. The molecule has 5 heteroatoms. The second kappa shape index (κ2) is 10.4. The Morgan fingerprint density at radius 3 is 2.90 bits per heavy atom. The highest BCUT2D eigenvalue weighted by molar-refractivity contribution is 7.09. The number of hydrogen-bond acceptors (Lipinski definition) is 3. The summed E-state index contributed by atoms with van der Waals surface area (Å²) in [6.45, 7) is 7.70. The van der Waals surface area contributed by atoms with Crippen molar-refractivity contribution in [3.05, 3.63) is 28.7 Å². The molecule has 0 spiro atoms. The average molecular weight is 308 g/mol. The molecule has 0 aliphatic rings. The van der Waals surface area contributed by atoms with Crippen LogP contribution in [0, 0.1) is 6.92 Å². The molecule has 0 saturated heterocycles. The molecule has 0 fully saturated rings. The third-order valence-electron chi connectivity index (χ3n) is 3.31. The molecule has 0 atom stereocenters. The summed E-state index contributed by atoms with van der Waals surface area (Å²) >= 11 is 1.71. The molecule has 21 heavy (non-hydrogen) atoms. The monoisotopic (exact) mass is 308 g/mol. The van der Waals surface area contributed by atoms with Gasteiger partial charge >= 0.3 is 0 Å². The molecule has 0 radical (unpaired) electrons.